The fourth-order valence-corrected chi connectivity index (χ4v) is 29.3. The highest BCUT2D eigenvalue weighted by Gasteiger charge is 2.49. The Hall–Kier alpha value is -15.7. The summed E-state index contributed by atoms with van der Waals surface area (Å²) in [4.78, 5) is 0. The standard InChI is InChI=1S/2C42H27O2PS.C38H23BO2/c46-45-36-25-13-23-32(28-15-5-1-6-16-28)38(36)43-40-34(30-19-9-3-10-20-30)27-35(31-21-11-4-12-22-31)41(42(40)45)44-39-33(24-14-26-37(39)45)29-17-7-2-8-18-29;46-45-38-23-21-32(28-13-5-1-6-14-28)25-36(38)43-40-34(30-17-9-3-10-18-30)27-35(31-19-11-4-12-20-31)41(42(40)45)44-37-26-33(22-24-39(37)45)29-15-7-2-8-16-29;1-3-12-24(13-4-1)34-28-18-9-7-16-26(28)22-30-37(34)40-32-20-11-21-33-36(32)39(30)31-23-27-17-8-10-19-29(27)35(38(31)41-33)25-14-5-2-6-15-25/h2*1-27H;1-23H. The highest BCUT2D eigenvalue weighted by molar-refractivity contribution is 8.26. The minimum Gasteiger partial charge on any atom is -0.458 e. The Balaban J connectivity index is 0.000000107. The van der Waals surface area contributed by atoms with Gasteiger partial charge in [-0.2, -0.15) is 0 Å². The van der Waals surface area contributed by atoms with Crippen molar-refractivity contribution in [2.24, 2.45) is 0 Å². The normalized spacial score (nSPS) is 13.2. The van der Waals surface area contributed by atoms with Crippen molar-refractivity contribution in [2.75, 3.05) is 0 Å². The van der Waals surface area contributed by atoms with Crippen molar-refractivity contribution in [3.63, 3.8) is 0 Å². The number of hydrogen-bond acceptors (Lipinski definition) is 8. The zero-order valence-electron chi connectivity index (χ0n) is 71.7. The molecule has 0 atom stereocenters. The Kier molecular flexibility index (Phi) is 19.6. The molecule has 133 heavy (non-hydrogen) atoms. The number of ether oxygens (including phenoxy) is 6. The van der Waals surface area contributed by atoms with Crippen molar-refractivity contribution in [1.82, 2.24) is 0 Å². The van der Waals surface area contributed by atoms with Gasteiger partial charge in [0.1, 0.15) is 69.0 Å². The molecule has 0 amide bonds. The molecule has 0 saturated heterocycles. The van der Waals surface area contributed by atoms with Crippen LogP contribution in [0.4, 0.5) is 0 Å². The van der Waals surface area contributed by atoms with Crippen LogP contribution in [0, 0.1) is 0 Å². The van der Waals surface area contributed by atoms with Gasteiger partial charge in [-0.3, -0.25) is 0 Å². The van der Waals surface area contributed by atoms with Crippen LogP contribution in [-0.4, -0.2) is 6.71 Å². The second-order valence-electron chi connectivity index (χ2n) is 34.0. The van der Waals surface area contributed by atoms with E-state index in [1.807, 2.05) is 54.6 Å². The Bertz CT molecular complexity index is 7880. The molecule has 6 heterocycles. The molecular weight excluding hydrogens is 1700 g/mol. The van der Waals surface area contributed by atoms with Crippen LogP contribution in [0.1, 0.15) is 0 Å². The third kappa shape index (κ3) is 13.3. The molecular formula is C122H77BO6P2S2. The van der Waals surface area contributed by atoms with E-state index in [9.17, 15) is 0 Å². The molecule has 0 bridgehead atoms. The molecule has 6 aliphatic heterocycles. The van der Waals surface area contributed by atoms with Gasteiger partial charge in [-0.05, 0) is 160 Å². The third-order valence-corrected chi connectivity index (χ3v) is 36.1. The molecule has 0 unspecified atom stereocenters. The van der Waals surface area contributed by atoms with Gasteiger partial charge in [0.05, 0.1) is 22.7 Å². The quantitative estimate of drug-likeness (QED) is 0.0992. The van der Waals surface area contributed by atoms with Crippen molar-refractivity contribution < 1.29 is 28.4 Å². The van der Waals surface area contributed by atoms with E-state index in [0.29, 0.717) is 0 Å². The van der Waals surface area contributed by atoms with Gasteiger partial charge < -0.3 is 28.4 Å². The first kappa shape index (κ1) is 79.5. The van der Waals surface area contributed by atoms with Gasteiger partial charge in [-0.1, -0.05) is 430 Å². The number of benzene rings is 21. The third-order valence-electron chi connectivity index (χ3n) is 26.4. The zero-order valence-corrected chi connectivity index (χ0v) is 75.1. The lowest BCUT2D eigenvalue weighted by atomic mass is 9.34. The molecule has 0 saturated carbocycles. The maximum Gasteiger partial charge on any atom is 0.260 e. The van der Waals surface area contributed by atoms with Gasteiger partial charge in [0.25, 0.3) is 6.71 Å². The van der Waals surface area contributed by atoms with Crippen LogP contribution in [0.15, 0.2) is 467 Å². The van der Waals surface area contributed by atoms with E-state index in [0.717, 1.165) is 218 Å². The van der Waals surface area contributed by atoms with E-state index in [4.69, 9.17) is 52.0 Å². The molecule has 0 spiro atoms. The summed E-state index contributed by atoms with van der Waals surface area (Å²) >= 11 is 14.2. The lowest BCUT2D eigenvalue weighted by Crippen LogP contribution is -2.57. The molecule has 6 aliphatic rings. The van der Waals surface area contributed by atoms with Crippen LogP contribution >= 0.6 is 12.1 Å². The van der Waals surface area contributed by atoms with E-state index < -0.39 is 12.1 Å². The van der Waals surface area contributed by atoms with Crippen molar-refractivity contribution >= 4 is 112 Å². The van der Waals surface area contributed by atoms with Gasteiger partial charge in [0.2, 0.25) is 0 Å². The molecule has 0 fully saturated rings. The van der Waals surface area contributed by atoms with Crippen LogP contribution in [0.3, 0.4) is 0 Å². The molecule has 0 aromatic heterocycles. The minimum atomic E-state index is -2.72. The topological polar surface area (TPSA) is 55.4 Å². The zero-order chi connectivity index (χ0) is 88.2. The van der Waals surface area contributed by atoms with Crippen LogP contribution in [-0.2, 0) is 23.6 Å². The van der Waals surface area contributed by atoms with Crippen LogP contribution in [0.5, 0.6) is 69.0 Å². The molecule has 0 radical (unpaired) electrons. The minimum absolute atomic E-state index is 0.0344. The summed E-state index contributed by atoms with van der Waals surface area (Å²) in [6.07, 6.45) is 0. The largest absolute Gasteiger partial charge is 0.458 e. The van der Waals surface area contributed by atoms with Crippen molar-refractivity contribution in [3.05, 3.63) is 467 Å². The smallest absolute Gasteiger partial charge is 0.260 e. The first-order valence-electron chi connectivity index (χ1n) is 44.8. The first-order chi connectivity index (χ1) is 65.7. The first-order valence-corrected chi connectivity index (χ1v) is 50.4. The summed E-state index contributed by atoms with van der Waals surface area (Å²) in [5.74, 6) is 10.0. The summed E-state index contributed by atoms with van der Waals surface area (Å²) in [5, 5.41) is 11.0. The molecule has 11 heteroatoms. The molecule has 21 aromatic carbocycles. The van der Waals surface area contributed by atoms with E-state index in [1.165, 1.54) is 32.5 Å². The second-order valence-corrected chi connectivity index (χ2v) is 42.5. The van der Waals surface area contributed by atoms with E-state index in [1.54, 1.807) is 0 Å². The Labute approximate surface area is 782 Å². The summed E-state index contributed by atoms with van der Waals surface area (Å²) in [6, 6.07) is 158. The maximum atomic E-state index is 7.16. The van der Waals surface area contributed by atoms with Crippen LogP contribution in [0.25, 0.3) is 133 Å². The van der Waals surface area contributed by atoms with Gasteiger partial charge in [0, 0.05) is 71.2 Å². The molecule has 0 N–H and O–H groups in total. The van der Waals surface area contributed by atoms with Crippen molar-refractivity contribution in [2.45, 2.75) is 0 Å². The highest BCUT2D eigenvalue weighted by atomic mass is 32.4. The average Bonchev–Trinajstić information content (AvgIpc) is 0.690. The van der Waals surface area contributed by atoms with Gasteiger partial charge >= 0.3 is 0 Å². The maximum absolute atomic E-state index is 7.16. The van der Waals surface area contributed by atoms with Gasteiger partial charge in [-0.15, -0.1) is 0 Å². The van der Waals surface area contributed by atoms with Crippen LogP contribution in [0.2, 0.25) is 0 Å². The number of rotatable bonds is 10. The predicted octanol–water partition coefficient (Wildman–Crippen LogP) is 28.7. The highest BCUT2D eigenvalue weighted by Crippen LogP contribution is 2.66. The Morgan fingerprint density at radius 3 is 0.805 bits per heavy atom. The van der Waals surface area contributed by atoms with Crippen LogP contribution < -0.4 is 76.6 Å². The number of para-hydroxylation sites is 2. The fraction of sp³-hybridized carbons (Fsp3) is 0. The lowest BCUT2D eigenvalue weighted by Gasteiger charge is -2.40. The molecule has 626 valence electrons. The summed E-state index contributed by atoms with van der Waals surface area (Å²) in [5.41, 5.74) is 25.1. The van der Waals surface area contributed by atoms with Crippen molar-refractivity contribution in [3.8, 4) is 180 Å². The fourth-order valence-electron chi connectivity index (χ4n) is 20.3. The van der Waals surface area contributed by atoms with E-state index >= 15 is 0 Å². The van der Waals surface area contributed by atoms with E-state index in [-0.39, 0.29) is 6.71 Å². The molecule has 27 rings (SSSR count). The summed E-state index contributed by atoms with van der Waals surface area (Å²) in [7, 11) is 0. The second kappa shape index (κ2) is 32.7. The predicted molar refractivity (Wildman–Crippen MR) is 559 cm³/mol. The lowest BCUT2D eigenvalue weighted by molar-refractivity contribution is 0.466. The monoisotopic (exact) mass is 1770 g/mol. The Morgan fingerprint density at radius 2 is 0.459 bits per heavy atom. The Morgan fingerprint density at radius 1 is 0.180 bits per heavy atom. The molecule has 0 aliphatic carbocycles. The van der Waals surface area contributed by atoms with Gasteiger partial charge in [-0.25, -0.2) is 0 Å². The molecule has 6 nitrogen and oxygen atoms in total. The van der Waals surface area contributed by atoms with E-state index in [2.05, 4.69) is 413 Å². The SMILES string of the molecule is S=P12c3ccc(-c4ccccc4)cc3Oc3c(-c4ccccc4)cc(-c4ccccc4)c(c31)Oc1cc(-c3ccccc3)ccc12.S=P12c3cccc(-c4ccccc4)c3Oc3c(-c4ccccc4)cc(-c4ccccc4)c(c31)Oc1c(-c3ccccc3)cccc12.c1ccc(-c2c3c(cc4ccccc24)B2c4cc5ccccc5c(-c5ccccc5)c4Oc4cccc(c42)O3)cc1. The molecule has 21 aromatic rings. The van der Waals surface area contributed by atoms with Crippen molar-refractivity contribution in [1.29, 1.82) is 0 Å². The number of fused-ring (bicyclic) bond motifs is 14. The average molecular weight is 1780 g/mol. The summed E-state index contributed by atoms with van der Waals surface area (Å²) < 4.78 is 42.1. The number of hydrogen-bond donors (Lipinski definition) is 0. The summed E-state index contributed by atoms with van der Waals surface area (Å²) in [6.45, 7) is -0.0344. The van der Waals surface area contributed by atoms with Gasteiger partial charge in [0.15, 0.2) is 0 Å².